The van der Waals surface area contributed by atoms with Gasteiger partial charge in [0.25, 0.3) is 0 Å². The average Bonchev–Trinajstić information content (AvgIpc) is 2.85. The number of benzene rings is 2. The highest BCUT2D eigenvalue weighted by molar-refractivity contribution is 7.78. The first kappa shape index (κ1) is 17.5. The molecule has 0 saturated carbocycles. The van der Waals surface area contributed by atoms with Crippen LogP contribution in [0.3, 0.4) is 0 Å². The second kappa shape index (κ2) is 6.88. The second-order valence-corrected chi connectivity index (χ2v) is 6.51. The maximum absolute atomic E-state index is 14.0. The first-order valence-electron chi connectivity index (χ1n) is 7.30. The van der Waals surface area contributed by atoms with Gasteiger partial charge < -0.3 is 14.4 Å². The Kier molecular flexibility index (Phi) is 4.81. The van der Waals surface area contributed by atoms with E-state index in [9.17, 15) is 22.6 Å². The molecule has 2 aromatic carbocycles. The normalized spacial score (nSPS) is 20.0. The third kappa shape index (κ3) is 3.54. The molecule has 0 aliphatic heterocycles. The summed E-state index contributed by atoms with van der Waals surface area (Å²) in [5, 5.41) is 18.9. The Morgan fingerprint density at radius 2 is 2.16 bits per heavy atom. The fraction of sp³-hybridized carbons (Fsp3) is 0.235. The molecular formula is C17H12F2NO4S-. The van der Waals surface area contributed by atoms with Gasteiger partial charge in [0.05, 0.1) is 11.6 Å². The van der Waals surface area contributed by atoms with Gasteiger partial charge in [-0.1, -0.05) is 17.1 Å². The van der Waals surface area contributed by atoms with Crippen LogP contribution in [0.15, 0.2) is 30.3 Å². The van der Waals surface area contributed by atoms with Crippen molar-refractivity contribution in [3.05, 3.63) is 58.4 Å². The molecule has 25 heavy (non-hydrogen) atoms. The van der Waals surface area contributed by atoms with Gasteiger partial charge in [0.15, 0.2) is 0 Å². The maximum Gasteiger partial charge on any atom is 0.134 e. The van der Waals surface area contributed by atoms with E-state index < -0.39 is 29.2 Å². The minimum atomic E-state index is -2.40. The number of aliphatic hydroxyl groups excluding tert-OH is 1. The molecule has 0 heterocycles. The molecule has 8 heteroatoms. The Labute approximate surface area is 144 Å². The lowest BCUT2D eigenvalue weighted by atomic mass is 10.0. The summed E-state index contributed by atoms with van der Waals surface area (Å²) in [5.74, 6) is -0.780. The number of ether oxygens (including phenoxy) is 1. The Balaban J connectivity index is 2.03. The summed E-state index contributed by atoms with van der Waals surface area (Å²) in [6, 6.07) is 8.13. The first-order chi connectivity index (χ1) is 11.9. The van der Waals surface area contributed by atoms with E-state index in [1.807, 2.05) is 0 Å². The molecule has 0 aromatic heterocycles. The van der Waals surface area contributed by atoms with Gasteiger partial charge in [-0.25, -0.2) is 8.78 Å². The highest BCUT2D eigenvalue weighted by Crippen LogP contribution is 2.42. The number of nitrogens with zero attached hydrogens (tertiary/aromatic N) is 1. The van der Waals surface area contributed by atoms with E-state index in [1.54, 1.807) is 6.07 Å². The molecule has 0 radical (unpaired) electrons. The molecule has 2 aromatic rings. The molecule has 0 fully saturated rings. The quantitative estimate of drug-likeness (QED) is 0.842. The highest BCUT2D eigenvalue weighted by atomic mass is 32.2. The predicted octanol–water partition coefficient (Wildman–Crippen LogP) is 2.80. The number of rotatable bonds is 4. The Hall–Kier alpha value is -2.34. The van der Waals surface area contributed by atoms with Crippen LogP contribution in [0, 0.1) is 17.1 Å². The van der Waals surface area contributed by atoms with E-state index in [0.717, 1.165) is 12.1 Å². The van der Waals surface area contributed by atoms with E-state index in [0.29, 0.717) is 11.1 Å². The molecule has 1 unspecified atom stereocenters. The molecule has 1 aliphatic rings. The summed E-state index contributed by atoms with van der Waals surface area (Å²) < 4.78 is 55.0. The standard InChI is InChI=1S/C17H13F2NO4S/c18-11-3-9(7-20)4-12(5-11)24-15-2-1-10(8-25(22)23)16-13(15)6-14(19)17(16)21/h1-5,14,17,21H,6,8H2,(H,22,23)/p-1/t14-,17-/m1/s1. The van der Waals surface area contributed by atoms with Crippen LogP contribution in [0.2, 0.25) is 0 Å². The Morgan fingerprint density at radius 1 is 1.40 bits per heavy atom. The zero-order chi connectivity index (χ0) is 18.1. The van der Waals surface area contributed by atoms with Gasteiger partial charge in [0.1, 0.15) is 29.6 Å². The number of hydrogen-bond acceptors (Lipinski definition) is 5. The summed E-state index contributed by atoms with van der Waals surface area (Å²) in [6.45, 7) is 0. The zero-order valence-electron chi connectivity index (χ0n) is 12.7. The topological polar surface area (TPSA) is 93.4 Å². The van der Waals surface area contributed by atoms with Gasteiger partial charge in [-0.3, -0.25) is 4.21 Å². The van der Waals surface area contributed by atoms with Crippen molar-refractivity contribution >= 4 is 11.1 Å². The van der Waals surface area contributed by atoms with Crippen molar-refractivity contribution < 1.29 is 27.4 Å². The van der Waals surface area contributed by atoms with Crippen LogP contribution >= 0.6 is 0 Å². The molecule has 3 atom stereocenters. The fourth-order valence-electron chi connectivity index (χ4n) is 2.92. The maximum atomic E-state index is 14.0. The van der Waals surface area contributed by atoms with Gasteiger partial charge >= 0.3 is 0 Å². The SMILES string of the molecule is N#Cc1cc(F)cc(Oc2ccc(CS(=O)[O-])c3c2C[C@@H](F)[C@H]3O)c1. The van der Waals surface area contributed by atoms with Crippen LogP contribution < -0.4 is 4.74 Å². The number of alkyl halides is 1. The summed E-state index contributed by atoms with van der Waals surface area (Å²) >= 11 is -2.40. The summed E-state index contributed by atoms with van der Waals surface area (Å²) in [5.41, 5.74) is 0.880. The van der Waals surface area contributed by atoms with Crippen LogP contribution in [-0.4, -0.2) is 20.0 Å². The van der Waals surface area contributed by atoms with Crippen molar-refractivity contribution in [3.8, 4) is 17.6 Å². The molecule has 130 valence electrons. The van der Waals surface area contributed by atoms with Crippen LogP contribution in [0.25, 0.3) is 0 Å². The van der Waals surface area contributed by atoms with Crippen LogP contribution in [-0.2, 0) is 23.3 Å². The van der Waals surface area contributed by atoms with E-state index in [-0.39, 0.29) is 34.8 Å². The van der Waals surface area contributed by atoms with E-state index in [4.69, 9.17) is 10.00 Å². The van der Waals surface area contributed by atoms with Crippen molar-refractivity contribution in [2.45, 2.75) is 24.4 Å². The molecule has 1 aliphatic carbocycles. The molecule has 3 rings (SSSR count). The summed E-state index contributed by atoms with van der Waals surface area (Å²) in [4.78, 5) is 0. The average molecular weight is 364 g/mol. The van der Waals surface area contributed by atoms with Gasteiger partial charge in [0.2, 0.25) is 0 Å². The van der Waals surface area contributed by atoms with E-state index in [2.05, 4.69) is 0 Å². The van der Waals surface area contributed by atoms with Crippen molar-refractivity contribution in [1.82, 2.24) is 0 Å². The zero-order valence-corrected chi connectivity index (χ0v) is 13.6. The number of halogens is 2. The van der Waals surface area contributed by atoms with Gasteiger partial charge in [-0.05, 0) is 29.3 Å². The molecule has 5 nitrogen and oxygen atoms in total. The monoisotopic (exact) mass is 364 g/mol. The Bertz CT molecular complexity index is 897. The van der Waals surface area contributed by atoms with Crippen LogP contribution in [0.1, 0.15) is 28.4 Å². The van der Waals surface area contributed by atoms with Crippen LogP contribution in [0.4, 0.5) is 8.78 Å². The third-order valence-corrected chi connectivity index (χ3v) is 4.49. The smallest absolute Gasteiger partial charge is 0.134 e. The lowest BCUT2D eigenvalue weighted by molar-refractivity contribution is 0.0921. The molecule has 0 spiro atoms. The fourth-order valence-corrected chi connectivity index (χ4v) is 3.43. The largest absolute Gasteiger partial charge is 0.772 e. The molecule has 0 bridgehead atoms. The number of fused-ring (bicyclic) bond motifs is 1. The highest BCUT2D eigenvalue weighted by Gasteiger charge is 2.35. The second-order valence-electron chi connectivity index (χ2n) is 5.62. The van der Waals surface area contributed by atoms with Crippen molar-refractivity contribution in [3.63, 3.8) is 0 Å². The van der Waals surface area contributed by atoms with Crippen LogP contribution in [0.5, 0.6) is 11.5 Å². The van der Waals surface area contributed by atoms with E-state index >= 15 is 0 Å². The molecular weight excluding hydrogens is 352 g/mol. The first-order valence-corrected chi connectivity index (χ1v) is 8.54. The molecule has 1 N–H and O–H groups in total. The minimum absolute atomic E-state index is 0.0516. The van der Waals surface area contributed by atoms with Crippen molar-refractivity contribution in [1.29, 1.82) is 5.26 Å². The number of aliphatic hydroxyl groups is 1. The van der Waals surface area contributed by atoms with Gasteiger partial charge in [-0.15, -0.1) is 0 Å². The third-order valence-electron chi connectivity index (χ3n) is 3.94. The number of nitriles is 1. The summed E-state index contributed by atoms with van der Waals surface area (Å²) in [7, 11) is 0. The number of hydrogen-bond donors (Lipinski definition) is 1. The lowest BCUT2D eigenvalue weighted by Gasteiger charge is -2.16. The molecule has 0 saturated heterocycles. The Morgan fingerprint density at radius 3 is 2.84 bits per heavy atom. The van der Waals surface area contributed by atoms with Gasteiger partial charge in [0, 0.05) is 23.8 Å². The summed E-state index contributed by atoms with van der Waals surface area (Å²) in [6.07, 6.45) is -3.17. The molecule has 0 amide bonds. The van der Waals surface area contributed by atoms with Crippen molar-refractivity contribution in [2.24, 2.45) is 0 Å². The van der Waals surface area contributed by atoms with E-state index in [1.165, 1.54) is 18.2 Å². The predicted molar refractivity (Wildman–Crippen MR) is 83.8 cm³/mol. The van der Waals surface area contributed by atoms with Crippen molar-refractivity contribution in [2.75, 3.05) is 0 Å². The minimum Gasteiger partial charge on any atom is -0.772 e. The lowest BCUT2D eigenvalue weighted by Crippen LogP contribution is -2.08. The van der Waals surface area contributed by atoms with Gasteiger partial charge in [-0.2, -0.15) is 5.26 Å².